The second-order valence-electron chi connectivity index (χ2n) is 2.51. The molecule has 2 heteroatoms. The Balaban J connectivity index is 3.06. The summed E-state index contributed by atoms with van der Waals surface area (Å²) in [5, 5.41) is 0. The van der Waals surface area contributed by atoms with E-state index in [0.717, 1.165) is 29.9 Å². The van der Waals surface area contributed by atoms with Gasteiger partial charge >= 0.3 is 0 Å². The molecule has 1 heterocycles. The van der Waals surface area contributed by atoms with Crippen LogP contribution in [0.4, 0.5) is 0 Å². The fourth-order valence-corrected chi connectivity index (χ4v) is 1.08. The average Bonchev–Trinajstić information content (AvgIpc) is 2.04. The van der Waals surface area contributed by atoms with E-state index in [9.17, 15) is 0 Å². The maximum absolute atomic E-state index is 4.32. The van der Waals surface area contributed by atoms with Crippen molar-refractivity contribution < 1.29 is 0 Å². The summed E-state index contributed by atoms with van der Waals surface area (Å²) < 4.78 is 0. The summed E-state index contributed by atoms with van der Waals surface area (Å²) in [7, 11) is 0. The van der Waals surface area contributed by atoms with E-state index in [0.29, 0.717) is 0 Å². The summed E-state index contributed by atoms with van der Waals surface area (Å²) >= 11 is 0. The van der Waals surface area contributed by atoms with Crippen molar-refractivity contribution in [2.75, 3.05) is 0 Å². The molecule has 59 valence electrons. The van der Waals surface area contributed by atoms with E-state index in [1.54, 1.807) is 0 Å². The van der Waals surface area contributed by atoms with Crippen molar-refractivity contribution >= 4 is 0 Å². The maximum atomic E-state index is 4.32. The monoisotopic (exact) mass is 149 g/mol. The van der Waals surface area contributed by atoms with E-state index in [1.807, 2.05) is 6.92 Å². The molecule has 0 saturated heterocycles. The van der Waals surface area contributed by atoms with Crippen molar-refractivity contribution in [2.45, 2.75) is 33.6 Å². The molecule has 11 heavy (non-hydrogen) atoms. The maximum Gasteiger partial charge on any atom is 0.126 e. The van der Waals surface area contributed by atoms with Gasteiger partial charge in [-0.3, -0.25) is 0 Å². The number of hydrogen-bond donors (Lipinski definition) is 0. The Bertz CT molecular complexity index is 243. The van der Waals surface area contributed by atoms with Crippen molar-refractivity contribution in [2.24, 2.45) is 0 Å². The van der Waals surface area contributed by atoms with Crippen LogP contribution in [-0.4, -0.2) is 9.97 Å². The summed E-state index contributed by atoms with van der Waals surface area (Å²) in [6.07, 6.45) is 4.94. The van der Waals surface area contributed by atoms with Gasteiger partial charge in [-0.25, -0.2) is 9.97 Å². The molecule has 1 aromatic rings. The molecule has 0 spiro atoms. The molecule has 0 unspecified atom stereocenters. The van der Waals surface area contributed by atoms with E-state index in [2.05, 4.69) is 30.0 Å². The molecule has 1 radical (unpaired) electrons. The number of aromatic nitrogens is 2. The summed E-state index contributed by atoms with van der Waals surface area (Å²) in [5.41, 5.74) is 2.29. The van der Waals surface area contributed by atoms with Crippen molar-refractivity contribution in [1.82, 2.24) is 9.97 Å². The Morgan fingerprint density at radius 1 is 1.27 bits per heavy atom. The zero-order valence-corrected chi connectivity index (χ0v) is 7.31. The molecule has 0 aliphatic rings. The van der Waals surface area contributed by atoms with Gasteiger partial charge in [0.15, 0.2) is 0 Å². The molecule has 0 atom stereocenters. The van der Waals surface area contributed by atoms with Crippen molar-refractivity contribution in [1.29, 1.82) is 0 Å². The minimum atomic E-state index is 0.819. The summed E-state index contributed by atoms with van der Waals surface area (Å²) in [5.74, 6) is 0.819. The zero-order valence-electron chi connectivity index (χ0n) is 7.31. The number of nitrogens with zero attached hydrogens (tertiary/aromatic N) is 2. The van der Waals surface area contributed by atoms with Gasteiger partial charge in [0, 0.05) is 11.3 Å². The van der Waals surface area contributed by atoms with Crippen LogP contribution in [0.15, 0.2) is 0 Å². The minimum absolute atomic E-state index is 0.819. The van der Waals surface area contributed by atoms with Gasteiger partial charge in [-0.1, -0.05) is 13.8 Å². The fraction of sp³-hybridized carbons (Fsp3) is 0.556. The summed E-state index contributed by atoms with van der Waals surface area (Å²) in [6, 6.07) is 0. The van der Waals surface area contributed by atoms with Gasteiger partial charge in [0.1, 0.15) is 5.82 Å². The third-order valence-corrected chi connectivity index (χ3v) is 1.69. The van der Waals surface area contributed by atoms with Crippen LogP contribution in [0.2, 0.25) is 0 Å². The van der Waals surface area contributed by atoms with Crippen LogP contribution in [-0.2, 0) is 12.8 Å². The minimum Gasteiger partial charge on any atom is -0.238 e. The Kier molecular flexibility index (Phi) is 2.58. The fourth-order valence-electron chi connectivity index (χ4n) is 1.08. The van der Waals surface area contributed by atoms with Gasteiger partial charge in [-0.2, -0.15) is 0 Å². The van der Waals surface area contributed by atoms with Gasteiger partial charge in [0.05, 0.1) is 6.20 Å². The van der Waals surface area contributed by atoms with Gasteiger partial charge in [0.25, 0.3) is 0 Å². The normalized spacial score (nSPS) is 10.1. The second-order valence-corrected chi connectivity index (χ2v) is 2.51. The lowest BCUT2D eigenvalue weighted by molar-refractivity contribution is 0.891. The van der Waals surface area contributed by atoms with E-state index in [-0.39, 0.29) is 0 Å². The molecular formula is C9H13N2. The smallest absolute Gasteiger partial charge is 0.126 e. The topological polar surface area (TPSA) is 25.8 Å². The molecule has 2 nitrogen and oxygen atoms in total. The Morgan fingerprint density at radius 2 is 2.00 bits per heavy atom. The third kappa shape index (κ3) is 1.76. The van der Waals surface area contributed by atoms with Crippen LogP contribution in [0.1, 0.15) is 30.9 Å². The first-order valence-electron chi connectivity index (χ1n) is 4.02. The zero-order chi connectivity index (χ0) is 8.27. The Hall–Kier alpha value is -0.920. The predicted octanol–water partition coefficient (Wildman–Crippen LogP) is 1.71. The first kappa shape index (κ1) is 8.18. The molecule has 0 bridgehead atoms. The standard InChI is InChI=1S/C9H13N2/c1-4-8-6-10-7(3)11-9(8)5-2/h4-5H2,1-3H3. The lowest BCUT2D eigenvalue weighted by atomic mass is 10.1. The first-order valence-corrected chi connectivity index (χ1v) is 4.02. The summed E-state index contributed by atoms with van der Waals surface area (Å²) in [4.78, 5) is 8.34. The molecule has 0 aliphatic carbocycles. The molecule has 0 aromatic carbocycles. The quantitative estimate of drug-likeness (QED) is 0.639. The van der Waals surface area contributed by atoms with E-state index < -0.39 is 0 Å². The Morgan fingerprint density at radius 3 is 2.55 bits per heavy atom. The highest BCUT2D eigenvalue weighted by molar-refractivity contribution is 5.15. The lowest BCUT2D eigenvalue weighted by Crippen LogP contribution is -1.99. The largest absolute Gasteiger partial charge is 0.238 e. The molecule has 0 amide bonds. The summed E-state index contributed by atoms with van der Waals surface area (Å²) in [6.45, 7) is 6.10. The molecule has 1 aromatic heterocycles. The highest BCUT2D eigenvalue weighted by atomic mass is 14.9. The van der Waals surface area contributed by atoms with Crippen molar-refractivity contribution in [3.8, 4) is 0 Å². The second kappa shape index (κ2) is 3.46. The predicted molar refractivity (Wildman–Crippen MR) is 44.4 cm³/mol. The number of aryl methyl sites for hydroxylation is 3. The highest BCUT2D eigenvalue weighted by Gasteiger charge is 2.00. The molecular weight excluding hydrogens is 136 g/mol. The van der Waals surface area contributed by atoms with Crippen LogP contribution in [0, 0.1) is 13.1 Å². The Labute approximate surface area is 67.7 Å². The van der Waals surface area contributed by atoms with Crippen molar-refractivity contribution in [3.63, 3.8) is 0 Å². The average molecular weight is 149 g/mol. The van der Waals surface area contributed by atoms with E-state index in [1.165, 1.54) is 0 Å². The van der Waals surface area contributed by atoms with Crippen LogP contribution in [0.25, 0.3) is 0 Å². The molecule has 1 rings (SSSR count). The molecule has 0 aliphatic heterocycles. The number of hydrogen-bond acceptors (Lipinski definition) is 2. The van der Waals surface area contributed by atoms with Gasteiger partial charge in [-0.05, 0) is 19.8 Å². The highest BCUT2D eigenvalue weighted by Crippen LogP contribution is 2.05. The first-order chi connectivity index (χ1) is 5.27. The number of rotatable bonds is 2. The van der Waals surface area contributed by atoms with Gasteiger partial charge in [-0.15, -0.1) is 0 Å². The molecule has 0 fully saturated rings. The van der Waals surface area contributed by atoms with E-state index >= 15 is 0 Å². The lowest BCUT2D eigenvalue weighted by Gasteiger charge is -2.02. The van der Waals surface area contributed by atoms with Crippen LogP contribution in [0.5, 0.6) is 0 Å². The van der Waals surface area contributed by atoms with Crippen LogP contribution in [0.3, 0.4) is 0 Å². The van der Waals surface area contributed by atoms with Crippen molar-refractivity contribution in [3.05, 3.63) is 23.3 Å². The molecule has 0 saturated carbocycles. The van der Waals surface area contributed by atoms with Gasteiger partial charge in [0.2, 0.25) is 0 Å². The SMILES string of the molecule is CCc1[c]nc(C)nc1CC. The van der Waals surface area contributed by atoms with E-state index in [4.69, 9.17) is 0 Å². The molecule has 0 N–H and O–H groups in total. The van der Waals surface area contributed by atoms with Crippen LogP contribution >= 0.6 is 0 Å². The van der Waals surface area contributed by atoms with Crippen LogP contribution < -0.4 is 0 Å². The third-order valence-electron chi connectivity index (χ3n) is 1.69. The van der Waals surface area contributed by atoms with Gasteiger partial charge < -0.3 is 0 Å².